The van der Waals surface area contributed by atoms with Crippen LogP contribution in [-0.4, -0.2) is 28.7 Å². The Balaban J connectivity index is 2.51. The highest BCUT2D eigenvalue weighted by Crippen LogP contribution is 2.17. The van der Waals surface area contributed by atoms with E-state index < -0.39 is 0 Å². The number of hydrogen-bond acceptors (Lipinski definition) is 4. The van der Waals surface area contributed by atoms with Gasteiger partial charge in [-0.05, 0) is 44.4 Å². The van der Waals surface area contributed by atoms with Crippen LogP contribution in [0.4, 0.5) is 0 Å². The fourth-order valence-electron chi connectivity index (χ4n) is 1.99. The highest BCUT2D eigenvalue weighted by molar-refractivity contribution is 7.98. The molecule has 0 bridgehead atoms. The van der Waals surface area contributed by atoms with Crippen molar-refractivity contribution in [3.05, 3.63) is 17.0 Å². The molecule has 112 valence electrons. The fraction of sp³-hybridized carbons (Fsp3) is 0.667. The van der Waals surface area contributed by atoms with Gasteiger partial charge in [0, 0.05) is 24.4 Å². The second-order valence-electron chi connectivity index (χ2n) is 5.39. The first-order valence-corrected chi connectivity index (χ1v) is 8.31. The normalized spacial score (nSPS) is 10.9. The van der Waals surface area contributed by atoms with Gasteiger partial charge in [-0.15, -0.1) is 0 Å². The Morgan fingerprint density at radius 3 is 2.35 bits per heavy atom. The topological polar surface area (TPSA) is 54.9 Å². The summed E-state index contributed by atoms with van der Waals surface area (Å²) in [6, 6.07) is 0. The third kappa shape index (κ3) is 5.49. The van der Waals surface area contributed by atoms with Gasteiger partial charge in [0.15, 0.2) is 5.16 Å². The monoisotopic (exact) mass is 295 g/mol. The lowest BCUT2D eigenvalue weighted by Crippen LogP contribution is -2.25. The molecule has 0 aliphatic rings. The van der Waals surface area contributed by atoms with Crippen LogP contribution in [0.25, 0.3) is 0 Å². The van der Waals surface area contributed by atoms with E-state index in [1.54, 1.807) is 11.8 Å². The molecule has 1 N–H and O–H groups in total. The summed E-state index contributed by atoms with van der Waals surface area (Å²) in [5.41, 5.74) is 3.07. The molecule has 20 heavy (non-hydrogen) atoms. The van der Waals surface area contributed by atoms with E-state index in [9.17, 15) is 4.79 Å². The van der Waals surface area contributed by atoms with Crippen LogP contribution in [0.3, 0.4) is 0 Å². The second kappa shape index (κ2) is 8.25. The van der Waals surface area contributed by atoms with E-state index in [4.69, 9.17) is 0 Å². The lowest BCUT2D eigenvalue weighted by molar-refractivity contribution is -0.121. The van der Waals surface area contributed by atoms with Crippen molar-refractivity contribution in [3.8, 4) is 0 Å². The number of nitrogens with zero attached hydrogens (tertiary/aromatic N) is 2. The van der Waals surface area contributed by atoms with Crippen molar-refractivity contribution < 1.29 is 4.79 Å². The van der Waals surface area contributed by atoms with Crippen molar-refractivity contribution in [2.75, 3.05) is 12.8 Å². The Labute approximate surface area is 126 Å². The van der Waals surface area contributed by atoms with Crippen molar-refractivity contribution in [3.63, 3.8) is 0 Å². The number of carbonyl (C=O) groups is 1. The number of aromatic nitrogens is 2. The molecule has 0 spiro atoms. The average molecular weight is 295 g/mol. The molecule has 1 amide bonds. The summed E-state index contributed by atoms with van der Waals surface area (Å²) in [6.45, 7) is 9.05. The van der Waals surface area contributed by atoms with E-state index in [0.717, 1.165) is 35.1 Å². The van der Waals surface area contributed by atoms with E-state index in [1.807, 2.05) is 20.1 Å². The summed E-state index contributed by atoms with van der Waals surface area (Å²) < 4.78 is 0. The first-order chi connectivity index (χ1) is 9.43. The quantitative estimate of drug-likeness (QED) is 0.621. The van der Waals surface area contributed by atoms with Gasteiger partial charge in [0.1, 0.15) is 0 Å². The van der Waals surface area contributed by atoms with Crippen molar-refractivity contribution >= 4 is 17.7 Å². The molecule has 0 aliphatic carbocycles. The molecule has 5 heteroatoms. The number of nitrogens with one attached hydrogen (secondary N) is 1. The first-order valence-electron chi connectivity index (χ1n) is 7.08. The minimum atomic E-state index is 0.110. The van der Waals surface area contributed by atoms with Crippen molar-refractivity contribution in [2.24, 2.45) is 5.92 Å². The molecule has 0 unspecified atom stereocenters. The van der Waals surface area contributed by atoms with Gasteiger partial charge < -0.3 is 5.32 Å². The Kier molecular flexibility index (Phi) is 6.99. The zero-order valence-corrected chi connectivity index (χ0v) is 13.9. The van der Waals surface area contributed by atoms with Gasteiger partial charge in [-0.25, -0.2) is 9.97 Å². The molecule has 1 aromatic rings. The number of thioether (sulfide) groups is 1. The number of hydrogen-bond donors (Lipinski definition) is 1. The van der Waals surface area contributed by atoms with E-state index in [2.05, 4.69) is 29.1 Å². The van der Waals surface area contributed by atoms with Crippen LogP contribution in [0.15, 0.2) is 5.16 Å². The zero-order chi connectivity index (χ0) is 15.1. The smallest absolute Gasteiger partial charge is 0.220 e. The average Bonchev–Trinajstić information content (AvgIpc) is 2.36. The van der Waals surface area contributed by atoms with Crippen LogP contribution >= 0.6 is 11.8 Å². The Morgan fingerprint density at radius 2 is 1.85 bits per heavy atom. The van der Waals surface area contributed by atoms with Crippen LogP contribution in [0.1, 0.15) is 43.6 Å². The molecule has 1 aromatic heterocycles. The molecule has 0 aromatic carbocycles. The lowest BCUT2D eigenvalue weighted by Gasteiger charge is -2.10. The van der Waals surface area contributed by atoms with E-state index in [0.29, 0.717) is 18.8 Å². The summed E-state index contributed by atoms with van der Waals surface area (Å²) in [6.07, 6.45) is 4.20. The molecule has 0 atom stereocenters. The van der Waals surface area contributed by atoms with Gasteiger partial charge >= 0.3 is 0 Å². The van der Waals surface area contributed by atoms with Crippen LogP contribution in [0, 0.1) is 19.8 Å². The minimum Gasteiger partial charge on any atom is -0.356 e. The predicted octanol–water partition coefficient (Wildman–Crippen LogP) is 2.91. The van der Waals surface area contributed by atoms with E-state index >= 15 is 0 Å². The second-order valence-corrected chi connectivity index (χ2v) is 6.17. The maximum absolute atomic E-state index is 11.8. The van der Waals surface area contributed by atoms with Crippen molar-refractivity contribution in [1.29, 1.82) is 0 Å². The summed E-state index contributed by atoms with van der Waals surface area (Å²) in [5, 5.41) is 3.76. The van der Waals surface area contributed by atoms with Gasteiger partial charge in [-0.3, -0.25) is 4.79 Å². The molecule has 1 heterocycles. The number of carbonyl (C=O) groups excluding carboxylic acids is 1. The molecule has 0 fully saturated rings. The SMILES string of the molecule is CSc1nc(C)c(CCC(=O)NCCC(C)C)c(C)n1. The third-order valence-electron chi connectivity index (χ3n) is 3.23. The van der Waals surface area contributed by atoms with Gasteiger partial charge in [0.05, 0.1) is 0 Å². The lowest BCUT2D eigenvalue weighted by atomic mass is 10.1. The van der Waals surface area contributed by atoms with E-state index in [-0.39, 0.29) is 5.91 Å². The third-order valence-corrected chi connectivity index (χ3v) is 3.78. The van der Waals surface area contributed by atoms with Crippen molar-refractivity contribution in [2.45, 2.75) is 52.1 Å². The highest BCUT2D eigenvalue weighted by atomic mass is 32.2. The van der Waals surface area contributed by atoms with Crippen LogP contribution in [-0.2, 0) is 11.2 Å². The summed E-state index contributed by atoms with van der Waals surface area (Å²) >= 11 is 1.54. The number of aryl methyl sites for hydroxylation is 2. The van der Waals surface area contributed by atoms with Gasteiger partial charge in [-0.2, -0.15) is 0 Å². The molecule has 0 saturated heterocycles. The Hall–Kier alpha value is -1.10. The van der Waals surface area contributed by atoms with Crippen LogP contribution in [0.5, 0.6) is 0 Å². The summed E-state index contributed by atoms with van der Waals surface area (Å²) in [4.78, 5) is 20.7. The first kappa shape index (κ1) is 17.0. The predicted molar refractivity (Wildman–Crippen MR) is 84.1 cm³/mol. The largest absolute Gasteiger partial charge is 0.356 e. The molecular formula is C15H25N3OS. The van der Waals surface area contributed by atoms with Crippen LogP contribution in [0.2, 0.25) is 0 Å². The maximum atomic E-state index is 11.8. The Bertz CT molecular complexity index is 437. The van der Waals surface area contributed by atoms with Gasteiger partial charge in [-0.1, -0.05) is 25.6 Å². The number of rotatable bonds is 7. The van der Waals surface area contributed by atoms with Crippen LogP contribution < -0.4 is 5.32 Å². The zero-order valence-electron chi connectivity index (χ0n) is 13.1. The van der Waals surface area contributed by atoms with Gasteiger partial charge in [0.25, 0.3) is 0 Å². The molecule has 0 saturated carbocycles. The Morgan fingerprint density at radius 1 is 1.25 bits per heavy atom. The summed E-state index contributed by atoms with van der Waals surface area (Å²) in [5.74, 6) is 0.727. The minimum absolute atomic E-state index is 0.110. The molecule has 1 rings (SSSR count). The van der Waals surface area contributed by atoms with Crippen molar-refractivity contribution in [1.82, 2.24) is 15.3 Å². The molecular weight excluding hydrogens is 270 g/mol. The summed E-state index contributed by atoms with van der Waals surface area (Å²) in [7, 11) is 0. The molecule has 4 nitrogen and oxygen atoms in total. The van der Waals surface area contributed by atoms with Gasteiger partial charge in [0.2, 0.25) is 5.91 Å². The molecule has 0 aliphatic heterocycles. The fourth-order valence-corrected chi connectivity index (χ4v) is 2.45. The maximum Gasteiger partial charge on any atom is 0.220 e. The number of amides is 1. The highest BCUT2D eigenvalue weighted by Gasteiger charge is 2.10. The molecule has 0 radical (unpaired) electrons. The standard InChI is InChI=1S/C15H25N3OS/c1-10(2)8-9-16-14(19)7-6-13-11(3)17-15(20-5)18-12(13)4/h10H,6-9H2,1-5H3,(H,16,19). The van der Waals surface area contributed by atoms with E-state index in [1.165, 1.54) is 0 Å².